The molecular formula is C16H17N3O6. The van der Waals surface area contributed by atoms with Crippen LogP contribution in [0.15, 0.2) is 46.1 Å². The van der Waals surface area contributed by atoms with Gasteiger partial charge in [-0.05, 0) is 31.2 Å². The Morgan fingerprint density at radius 3 is 2.52 bits per heavy atom. The lowest BCUT2D eigenvalue weighted by Gasteiger charge is -2.08. The molecule has 0 saturated heterocycles. The van der Waals surface area contributed by atoms with Crippen molar-refractivity contribution in [2.45, 2.75) is 13.5 Å². The minimum absolute atomic E-state index is 0.411. The molecule has 1 aromatic carbocycles. The minimum atomic E-state index is -0.781. The van der Waals surface area contributed by atoms with Gasteiger partial charge < -0.3 is 14.8 Å². The van der Waals surface area contributed by atoms with Crippen LogP contribution in [-0.2, 0) is 20.9 Å². The summed E-state index contributed by atoms with van der Waals surface area (Å²) in [7, 11) is 0. The van der Waals surface area contributed by atoms with Crippen molar-refractivity contribution in [3.8, 4) is 5.75 Å². The largest absolute Gasteiger partial charge is 0.494 e. The number of aromatic amines is 1. The van der Waals surface area contributed by atoms with Gasteiger partial charge in [0.1, 0.15) is 12.3 Å². The average Bonchev–Trinajstić information content (AvgIpc) is 2.58. The van der Waals surface area contributed by atoms with Crippen LogP contribution in [-0.4, -0.2) is 34.6 Å². The maximum absolute atomic E-state index is 11.8. The van der Waals surface area contributed by atoms with Crippen LogP contribution in [0.4, 0.5) is 5.69 Å². The molecule has 0 aliphatic rings. The molecule has 0 aliphatic heterocycles. The Morgan fingerprint density at radius 1 is 1.16 bits per heavy atom. The van der Waals surface area contributed by atoms with Crippen molar-refractivity contribution >= 4 is 17.6 Å². The Labute approximate surface area is 142 Å². The van der Waals surface area contributed by atoms with E-state index in [-0.39, 0.29) is 0 Å². The van der Waals surface area contributed by atoms with Crippen LogP contribution < -0.4 is 21.3 Å². The Balaban J connectivity index is 1.81. The molecule has 1 amide bonds. The van der Waals surface area contributed by atoms with Gasteiger partial charge in [-0.25, -0.2) is 4.79 Å². The molecule has 25 heavy (non-hydrogen) atoms. The van der Waals surface area contributed by atoms with E-state index in [9.17, 15) is 19.2 Å². The van der Waals surface area contributed by atoms with Gasteiger partial charge in [-0.1, -0.05) is 0 Å². The molecule has 132 valence electrons. The molecule has 0 saturated carbocycles. The highest BCUT2D eigenvalue weighted by molar-refractivity contribution is 5.92. The lowest BCUT2D eigenvalue weighted by atomic mass is 10.3. The van der Waals surface area contributed by atoms with Gasteiger partial charge in [0, 0.05) is 18.0 Å². The van der Waals surface area contributed by atoms with Gasteiger partial charge in [-0.3, -0.25) is 23.9 Å². The number of aromatic nitrogens is 2. The van der Waals surface area contributed by atoms with Crippen molar-refractivity contribution in [2.75, 3.05) is 18.5 Å². The number of carbonyl (C=O) groups is 2. The lowest BCUT2D eigenvalue weighted by molar-refractivity contribution is -0.148. The zero-order valence-electron chi connectivity index (χ0n) is 13.5. The van der Waals surface area contributed by atoms with Gasteiger partial charge in [0.15, 0.2) is 6.61 Å². The second-order valence-corrected chi connectivity index (χ2v) is 4.90. The first-order chi connectivity index (χ1) is 12.0. The third kappa shape index (κ3) is 5.65. The number of hydrogen-bond donors (Lipinski definition) is 2. The molecule has 0 radical (unpaired) electrons. The number of ether oxygens (including phenoxy) is 2. The minimum Gasteiger partial charge on any atom is -0.494 e. The van der Waals surface area contributed by atoms with Crippen LogP contribution in [0.3, 0.4) is 0 Å². The standard InChI is InChI=1S/C16H17N3O6/c1-2-24-12-5-3-11(4-6-12)17-14(21)10-25-15(22)9-19-8-7-13(20)18-16(19)23/h3-8H,2,9-10H2,1H3,(H,17,21)(H,18,20,23). The van der Waals surface area contributed by atoms with Crippen molar-refractivity contribution in [1.29, 1.82) is 0 Å². The van der Waals surface area contributed by atoms with Crippen LogP contribution in [0, 0.1) is 0 Å². The van der Waals surface area contributed by atoms with Crippen LogP contribution >= 0.6 is 0 Å². The maximum atomic E-state index is 11.8. The van der Waals surface area contributed by atoms with Gasteiger partial charge in [-0.2, -0.15) is 0 Å². The van der Waals surface area contributed by atoms with E-state index in [0.717, 1.165) is 10.6 Å². The summed E-state index contributed by atoms with van der Waals surface area (Å²) in [6.07, 6.45) is 1.17. The first-order valence-electron chi connectivity index (χ1n) is 7.46. The number of anilines is 1. The number of nitrogens with one attached hydrogen (secondary N) is 2. The number of esters is 1. The van der Waals surface area contributed by atoms with Gasteiger partial charge in [-0.15, -0.1) is 0 Å². The Hall–Kier alpha value is -3.36. The molecule has 2 aromatic rings. The fourth-order valence-electron chi connectivity index (χ4n) is 1.90. The summed E-state index contributed by atoms with van der Waals surface area (Å²) in [6, 6.07) is 7.82. The van der Waals surface area contributed by atoms with Crippen LogP contribution in [0.5, 0.6) is 5.75 Å². The van der Waals surface area contributed by atoms with Gasteiger partial charge >= 0.3 is 11.7 Å². The van der Waals surface area contributed by atoms with E-state index in [1.54, 1.807) is 24.3 Å². The third-order valence-corrected chi connectivity index (χ3v) is 3.01. The summed E-state index contributed by atoms with van der Waals surface area (Å²) < 4.78 is 11.1. The second kappa shape index (κ2) is 8.48. The number of hydrogen-bond acceptors (Lipinski definition) is 6. The van der Waals surface area contributed by atoms with Crippen molar-refractivity contribution in [3.63, 3.8) is 0 Å². The quantitative estimate of drug-likeness (QED) is 0.687. The monoisotopic (exact) mass is 347 g/mol. The zero-order valence-corrected chi connectivity index (χ0v) is 13.5. The van der Waals surface area contributed by atoms with E-state index in [0.29, 0.717) is 18.0 Å². The van der Waals surface area contributed by atoms with E-state index in [1.807, 2.05) is 11.9 Å². The molecular weight excluding hydrogens is 330 g/mol. The fourth-order valence-corrected chi connectivity index (χ4v) is 1.90. The molecule has 1 aromatic heterocycles. The second-order valence-electron chi connectivity index (χ2n) is 4.90. The number of H-pyrrole nitrogens is 1. The van der Waals surface area contributed by atoms with Crippen molar-refractivity contribution < 1.29 is 19.1 Å². The Bertz CT molecular complexity index is 853. The van der Waals surface area contributed by atoms with Crippen LogP contribution in [0.1, 0.15) is 6.92 Å². The maximum Gasteiger partial charge on any atom is 0.328 e. The first kappa shape index (κ1) is 18.0. The highest BCUT2D eigenvalue weighted by atomic mass is 16.5. The zero-order chi connectivity index (χ0) is 18.2. The topological polar surface area (TPSA) is 119 Å². The summed E-state index contributed by atoms with van der Waals surface area (Å²) in [5.41, 5.74) is -0.769. The molecule has 0 unspecified atom stereocenters. The Morgan fingerprint density at radius 2 is 1.88 bits per heavy atom. The predicted molar refractivity (Wildman–Crippen MR) is 88.5 cm³/mol. The highest BCUT2D eigenvalue weighted by Crippen LogP contribution is 2.15. The Kier molecular flexibility index (Phi) is 6.10. The van der Waals surface area contributed by atoms with E-state index in [2.05, 4.69) is 5.32 Å². The van der Waals surface area contributed by atoms with Crippen LogP contribution in [0.25, 0.3) is 0 Å². The highest BCUT2D eigenvalue weighted by Gasteiger charge is 2.10. The van der Waals surface area contributed by atoms with E-state index < -0.39 is 36.3 Å². The third-order valence-electron chi connectivity index (χ3n) is 3.01. The number of rotatable bonds is 7. The first-order valence-corrected chi connectivity index (χ1v) is 7.46. The summed E-state index contributed by atoms with van der Waals surface area (Å²) in [4.78, 5) is 47.8. The number of amides is 1. The average molecular weight is 347 g/mol. The molecule has 0 bridgehead atoms. The summed E-state index contributed by atoms with van der Waals surface area (Å²) in [5.74, 6) is -0.624. The smallest absolute Gasteiger partial charge is 0.328 e. The lowest BCUT2D eigenvalue weighted by Crippen LogP contribution is -2.32. The molecule has 0 atom stereocenters. The number of nitrogens with zero attached hydrogens (tertiary/aromatic N) is 1. The molecule has 9 heteroatoms. The summed E-state index contributed by atoms with van der Waals surface area (Å²) >= 11 is 0. The number of carbonyl (C=O) groups excluding carboxylic acids is 2. The SMILES string of the molecule is CCOc1ccc(NC(=O)COC(=O)Cn2ccc(=O)[nH]c2=O)cc1. The van der Waals surface area contributed by atoms with E-state index in [4.69, 9.17) is 9.47 Å². The molecule has 2 N–H and O–H groups in total. The molecule has 9 nitrogen and oxygen atoms in total. The molecule has 0 fully saturated rings. The van der Waals surface area contributed by atoms with E-state index in [1.165, 1.54) is 6.20 Å². The summed E-state index contributed by atoms with van der Waals surface area (Å²) in [5, 5.41) is 2.56. The molecule has 0 spiro atoms. The van der Waals surface area contributed by atoms with Gasteiger partial charge in [0.05, 0.1) is 6.61 Å². The molecule has 0 aliphatic carbocycles. The predicted octanol–water partition coefficient (Wildman–Crippen LogP) is 0.117. The normalized spacial score (nSPS) is 10.1. The van der Waals surface area contributed by atoms with Crippen molar-refractivity contribution in [1.82, 2.24) is 9.55 Å². The molecule has 1 heterocycles. The fraction of sp³-hybridized carbons (Fsp3) is 0.250. The van der Waals surface area contributed by atoms with Crippen molar-refractivity contribution in [3.05, 3.63) is 57.4 Å². The van der Waals surface area contributed by atoms with Gasteiger partial charge in [0.25, 0.3) is 11.5 Å². The van der Waals surface area contributed by atoms with E-state index >= 15 is 0 Å². The van der Waals surface area contributed by atoms with Gasteiger partial charge in [0.2, 0.25) is 0 Å². The number of benzene rings is 1. The molecule has 2 rings (SSSR count). The summed E-state index contributed by atoms with van der Waals surface area (Å²) in [6.45, 7) is 1.50. The van der Waals surface area contributed by atoms with Crippen LogP contribution in [0.2, 0.25) is 0 Å². The van der Waals surface area contributed by atoms with Crippen molar-refractivity contribution in [2.24, 2.45) is 0 Å².